The van der Waals surface area contributed by atoms with E-state index < -0.39 is 11.5 Å². The lowest BCUT2D eigenvalue weighted by atomic mass is 9.99. The van der Waals surface area contributed by atoms with E-state index in [0.717, 1.165) is 0 Å². The van der Waals surface area contributed by atoms with Gasteiger partial charge < -0.3 is 10.8 Å². The van der Waals surface area contributed by atoms with E-state index in [1.54, 1.807) is 37.3 Å². The molecule has 0 aliphatic heterocycles. The van der Waals surface area contributed by atoms with Gasteiger partial charge in [-0.15, -0.1) is 9.38 Å². The Bertz CT molecular complexity index is 1610. The van der Waals surface area contributed by atoms with Crippen LogP contribution in [0.5, 0.6) is 0 Å². The molecule has 0 saturated carbocycles. The predicted octanol–water partition coefficient (Wildman–Crippen LogP) is 2.66. The van der Waals surface area contributed by atoms with Gasteiger partial charge in [0.25, 0.3) is 0 Å². The number of fused-ring (bicyclic) bond motifs is 1. The number of rotatable bonds is 5. The summed E-state index contributed by atoms with van der Waals surface area (Å²) in [6.07, 6.45) is 1.50. The van der Waals surface area contributed by atoms with Gasteiger partial charge in [-0.05, 0) is 61.0 Å². The molecule has 4 heterocycles. The van der Waals surface area contributed by atoms with E-state index in [2.05, 4.69) is 20.1 Å². The number of hydrogen-bond donors (Lipinski definition) is 3. The third-order valence-corrected chi connectivity index (χ3v) is 5.72. The number of aliphatic hydroxyl groups is 1. The highest BCUT2D eigenvalue weighted by molar-refractivity contribution is 6.30. The Balaban J connectivity index is 1.81. The van der Waals surface area contributed by atoms with Crippen LogP contribution in [0.3, 0.4) is 0 Å². The summed E-state index contributed by atoms with van der Waals surface area (Å²) in [5.41, 5.74) is 10.2. The first-order valence-electron chi connectivity index (χ1n) is 10.6. The monoisotopic (exact) mass is 492 g/mol. The quantitative estimate of drug-likeness (QED) is 0.324. The van der Waals surface area contributed by atoms with E-state index in [9.17, 15) is 14.3 Å². The Hall–Kier alpha value is -4.15. The van der Waals surface area contributed by atoms with Crippen molar-refractivity contribution in [2.24, 2.45) is 0 Å². The van der Waals surface area contributed by atoms with E-state index in [1.165, 1.54) is 27.4 Å². The summed E-state index contributed by atoms with van der Waals surface area (Å²) in [6.45, 7) is 1.67. The zero-order valence-electron chi connectivity index (χ0n) is 18.5. The highest BCUT2D eigenvalue weighted by Crippen LogP contribution is 2.33. The maximum absolute atomic E-state index is 13.6. The van der Waals surface area contributed by atoms with Gasteiger partial charge in [-0.1, -0.05) is 11.6 Å². The van der Waals surface area contributed by atoms with Crippen LogP contribution in [0.2, 0.25) is 5.02 Å². The third kappa shape index (κ3) is 4.25. The summed E-state index contributed by atoms with van der Waals surface area (Å²) in [7, 11) is 0. The highest BCUT2D eigenvalue weighted by atomic mass is 35.5. The second-order valence-electron chi connectivity index (χ2n) is 7.98. The fraction of sp³-hybridized carbons (Fsp3) is 0.125. The Labute approximate surface area is 203 Å². The maximum Gasteiger partial charge on any atom is 0.428 e. The van der Waals surface area contributed by atoms with Crippen LogP contribution < -0.4 is 15.8 Å². The van der Waals surface area contributed by atoms with Crippen LogP contribution in [0.1, 0.15) is 17.1 Å². The number of aromatic nitrogens is 6. The lowest BCUT2D eigenvalue weighted by molar-refractivity contribution is -0.516. The SMILES string of the molecule is Cc1cc(-c2c(-c3ccc(F)cc3)nc(N)[n+]3c(=O)n(Cc4ccc(Cl)cn4)[nH]c23)cc(CO)n1. The Kier molecular flexibility index (Phi) is 5.75. The van der Waals surface area contributed by atoms with Gasteiger partial charge in [-0.3, -0.25) is 9.97 Å². The Morgan fingerprint density at radius 3 is 2.57 bits per heavy atom. The third-order valence-electron chi connectivity index (χ3n) is 5.50. The van der Waals surface area contributed by atoms with Gasteiger partial charge in [-0.25, -0.2) is 14.3 Å². The van der Waals surface area contributed by atoms with Gasteiger partial charge in [-0.2, -0.15) is 4.68 Å². The molecule has 35 heavy (non-hydrogen) atoms. The van der Waals surface area contributed by atoms with Crippen molar-refractivity contribution in [3.63, 3.8) is 0 Å². The highest BCUT2D eigenvalue weighted by Gasteiger charge is 2.26. The van der Waals surface area contributed by atoms with Crippen molar-refractivity contribution in [2.75, 3.05) is 5.73 Å². The molecule has 0 fully saturated rings. The topological polar surface area (TPSA) is 127 Å². The molecule has 0 amide bonds. The predicted molar refractivity (Wildman–Crippen MR) is 128 cm³/mol. The minimum atomic E-state index is -0.443. The van der Waals surface area contributed by atoms with Crippen LogP contribution in [-0.4, -0.2) is 29.8 Å². The number of nitrogen functional groups attached to an aromatic ring is 1. The van der Waals surface area contributed by atoms with Crippen molar-refractivity contribution in [3.05, 3.63) is 93.1 Å². The molecule has 4 N–H and O–H groups in total. The number of H-pyrrole nitrogens is 1. The average Bonchev–Trinajstić information content (AvgIpc) is 3.16. The van der Waals surface area contributed by atoms with Crippen molar-refractivity contribution in [2.45, 2.75) is 20.1 Å². The normalized spacial score (nSPS) is 11.3. The van der Waals surface area contributed by atoms with Crippen molar-refractivity contribution >= 4 is 23.2 Å². The molecular formula is C24H20ClFN7O2+. The summed E-state index contributed by atoms with van der Waals surface area (Å²) in [5.74, 6) is -0.434. The van der Waals surface area contributed by atoms with Crippen LogP contribution in [-0.2, 0) is 13.2 Å². The van der Waals surface area contributed by atoms with Gasteiger partial charge in [0.2, 0.25) is 5.65 Å². The molecule has 5 rings (SSSR count). The van der Waals surface area contributed by atoms with Gasteiger partial charge in [0.1, 0.15) is 18.1 Å². The molecule has 5 aromatic rings. The van der Waals surface area contributed by atoms with Crippen molar-refractivity contribution in [3.8, 4) is 22.4 Å². The average molecular weight is 493 g/mol. The number of nitrogens with one attached hydrogen (secondary N) is 1. The first-order chi connectivity index (χ1) is 16.8. The van der Waals surface area contributed by atoms with E-state index in [0.29, 0.717) is 50.1 Å². The standard InChI is InChI=1S/C24H19ClFN7O2/c1-13-8-15(9-19(12-34)29-13)20-21(14-2-5-17(26)6-3-14)30-23(27)33-22(20)31-32(24(33)35)11-18-7-4-16(25)10-28-18/h2-10,34H,11-12H2,1H3,(H2,27,29,30,31)/p+1. The molecule has 176 valence electrons. The van der Waals surface area contributed by atoms with E-state index in [1.807, 2.05) is 6.07 Å². The minimum Gasteiger partial charge on any atom is -0.390 e. The van der Waals surface area contributed by atoms with Crippen LogP contribution in [0.4, 0.5) is 10.3 Å². The van der Waals surface area contributed by atoms with E-state index >= 15 is 0 Å². The molecule has 0 aliphatic rings. The first-order valence-corrected chi connectivity index (χ1v) is 11.0. The maximum atomic E-state index is 13.6. The number of nitrogens with zero attached hydrogens (tertiary/aromatic N) is 5. The van der Waals surface area contributed by atoms with Gasteiger partial charge in [0.15, 0.2) is 0 Å². The number of hydrogen-bond acceptors (Lipinski definition) is 6. The molecular weight excluding hydrogens is 473 g/mol. The number of benzene rings is 1. The number of aliphatic hydroxyl groups excluding tert-OH is 1. The molecule has 0 unspecified atom stereocenters. The fourth-order valence-corrected chi connectivity index (χ4v) is 4.09. The molecule has 0 spiro atoms. The molecule has 4 aromatic heterocycles. The van der Waals surface area contributed by atoms with Gasteiger partial charge in [0, 0.05) is 17.5 Å². The van der Waals surface area contributed by atoms with Crippen molar-refractivity contribution in [1.82, 2.24) is 24.7 Å². The minimum absolute atomic E-state index is 0.0414. The second kappa shape index (κ2) is 8.90. The number of nitrogens with two attached hydrogens (primary N) is 1. The summed E-state index contributed by atoms with van der Waals surface area (Å²) in [5, 5.41) is 13.3. The molecule has 0 aliphatic carbocycles. The fourth-order valence-electron chi connectivity index (χ4n) is 3.98. The number of aryl methyl sites for hydroxylation is 1. The Morgan fingerprint density at radius 1 is 1.11 bits per heavy atom. The number of pyridine rings is 2. The number of halogens is 2. The van der Waals surface area contributed by atoms with Crippen LogP contribution >= 0.6 is 11.6 Å². The number of anilines is 1. The lowest BCUT2D eigenvalue weighted by Gasteiger charge is -2.10. The second-order valence-corrected chi connectivity index (χ2v) is 8.42. The van der Waals surface area contributed by atoms with Gasteiger partial charge in [0.05, 0.1) is 28.6 Å². The molecule has 11 heteroatoms. The summed E-state index contributed by atoms with van der Waals surface area (Å²) in [4.78, 5) is 26.4. The molecule has 0 bridgehead atoms. The zero-order chi connectivity index (χ0) is 24.7. The molecule has 9 nitrogen and oxygen atoms in total. The first kappa shape index (κ1) is 22.6. The summed E-state index contributed by atoms with van der Waals surface area (Å²) < 4.78 is 16.3. The van der Waals surface area contributed by atoms with E-state index in [4.69, 9.17) is 17.3 Å². The molecule has 1 aromatic carbocycles. The molecule has 0 atom stereocenters. The molecule has 0 saturated heterocycles. The van der Waals surface area contributed by atoms with Crippen molar-refractivity contribution in [1.29, 1.82) is 0 Å². The van der Waals surface area contributed by atoms with Crippen LogP contribution in [0, 0.1) is 12.7 Å². The van der Waals surface area contributed by atoms with Crippen LogP contribution in [0.15, 0.2) is 59.5 Å². The lowest BCUT2D eigenvalue weighted by Crippen LogP contribution is -2.44. The van der Waals surface area contributed by atoms with Gasteiger partial charge >= 0.3 is 11.6 Å². The number of aromatic amines is 1. The largest absolute Gasteiger partial charge is 0.428 e. The van der Waals surface area contributed by atoms with E-state index in [-0.39, 0.29) is 19.1 Å². The smallest absolute Gasteiger partial charge is 0.390 e. The summed E-state index contributed by atoms with van der Waals surface area (Å²) in [6, 6.07) is 12.8. The molecule has 0 radical (unpaired) electrons. The zero-order valence-corrected chi connectivity index (χ0v) is 19.3. The van der Waals surface area contributed by atoms with Crippen molar-refractivity contribution < 1.29 is 13.9 Å². The summed E-state index contributed by atoms with van der Waals surface area (Å²) >= 11 is 5.93. The Morgan fingerprint density at radius 2 is 1.89 bits per heavy atom. The van der Waals surface area contributed by atoms with Crippen LogP contribution in [0.25, 0.3) is 28.0 Å².